The van der Waals surface area contributed by atoms with E-state index in [1.165, 1.54) is 10.6 Å². The molecule has 1 fully saturated rings. The fourth-order valence-corrected chi connectivity index (χ4v) is 5.23. The fraction of sp³-hybridized carbons (Fsp3) is 0.200. The number of benzene rings is 2. The van der Waals surface area contributed by atoms with Gasteiger partial charge in [0.25, 0.3) is 5.56 Å². The smallest absolute Gasteiger partial charge is 0.260 e. The molecule has 230 valence electrons. The van der Waals surface area contributed by atoms with E-state index in [1.54, 1.807) is 55.8 Å². The zero-order valence-corrected chi connectivity index (χ0v) is 25.6. The second-order valence-corrected chi connectivity index (χ2v) is 10.7. The first kappa shape index (κ1) is 31.0. The Morgan fingerprint density at radius 1 is 1.02 bits per heavy atom. The van der Waals surface area contributed by atoms with Crippen molar-refractivity contribution in [2.45, 2.75) is 6.42 Å². The maximum atomic E-state index is 14.1. The molecule has 2 aromatic carbocycles. The van der Waals surface area contributed by atoms with Gasteiger partial charge in [-0.15, -0.1) is 0 Å². The van der Waals surface area contributed by atoms with Gasteiger partial charge in [0.2, 0.25) is 11.9 Å². The summed E-state index contributed by atoms with van der Waals surface area (Å²) in [6.45, 7) is 15.0. The van der Waals surface area contributed by atoms with Gasteiger partial charge in [0.15, 0.2) is 5.65 Å². The Labute approximate surface area is 262 Å². The third kappa shape index (κ3) is 7.02. The summed E-state index contributed by atoms with van der Waals surface area (Å²) in [5.74, 6) is 0.590. The predicted octanol–water partition coefficient (Wildman–Crippen LogP) is 5.25. The van der Waals surface area contributed by atoms with E-state index in [9.17, 15) is 9.59 Å². The van der Waals surface area contributed by atoms with Crippen LogP contribution in [0.5, 0.6) is 5.75 Å². The Bertz CT molecular complexity index is 1850. The van der Waals surface area contributed by atoms with E-state index >= 15 is 0 Å². The zero-order chi connectivity index (χ0) is 31.9. The number of rotatable bonds is 11. The molecule has 3 heterocycles. The number of pyridine rings is 1. The summed E-state index contributed by atoms with van der Waals surface area (Å²) in [7, 11) is 3.76. The third-order valence-corrected chi connectivity index (χ3v) is 7.66. The number of aromatic nitrogens is 3. The summed E-state index contributed by atoms with van der Waals surface area (Å²) < 4.78 is 7.27. The Balaban J connectivity index is 1.58. The largest absolute Gasteiger partial charge is 0.494 e. The first-order chi connectivity index (χ1) is 21.8. The molecular weight excluding hydrogens is 566 g/mol. The van der Waals surface area contributed by atoms with Gasteiger partial charge in [0, 0.05) is 67.2 Å². The molecular formula is C35H37N7O3. The topological polar surface area (TPSA) is 105 Å². The van der Waals surface area contributed by atoms with Crippen molar-refractivity contribution in [1.82, 2.24) is 19.4 Å². The number of amides is 1. The SMILES string of the molecule is C=C/C=C(\C=C)Cc1cc2cnc(Nc3ccc(N4CCN(C)CC4)cc3OC)nc2n(-c2cccc(NC(=O)C=C)c2)c1=O. The van der Waals surface area contributed by atoms with Crippen LogP contribution in [-0.2, 0) is 11.2 Å². The lowest BCUT2D eigenvalue weighted by Crippen LogP contribution is -2.44. The minimum absolute atomic E-state index is 0.259. The van der Waals surface area contributed by atoms with Gasteiger partial charge in [-0.25, -0.2) is 4.98 Å². The number of methoxy groups -OCH3 is 1. The highest BCUT2D eigenvalue weighted by molar-refractivity contribution is 5.99. The summed E-state index contributed by atoms with van der Waals surface area (Å²) in [4.78, 5) is 40.1. The molecule has 1 amide bonds. The van der Waals surface area contributed by atoms with Crippen LogP contribution in [-0.4, -0.2) is 65.7 Å². The van der Waals surface area contributed by atoms with Gasteiger partial charge in [0.05, 0.1) is 18.5 Å². The van der Waals surface area contributed by atoms with Crippen LogP contribution in [0, 0.1) is 0 Å². The Morgan fingerprint density at radius 3 is 2.53 bits per heavy atom. The zero-order valence-electron chi connectivity index (χ0n) is 25.6. The average Bonchev–Trinajstić information content (AvgIpc) is 3.05. The molecule has 0 spiro atoms. The average molecular weight is 604 g/mol. The van der Waals surface area contributed by atoms with E-state index in [4.69, 9.17) is 9.72 Å². The number of piperazine rings is 1. The number of carbonyl (C=O) groups is 1. The van der Waals surface area contributed by atoms with E-state index < -0.39 is 0 Å². The van der Waals surface area contributed by atoms with Crippen molar-refractivity contribution in [2.75, 3.05) is 55.9 Å². The molecule has 0 saturated carbocycles. The van der Waals surface area contributed by atoms with Crippen LogP contribution in [0.15, 0.2) is 109 Å². The van der Waals surface area contributed by atoms with Crippen molar-refractivity contribution in [3.8, 4) is 11.4 Å². The molecule has 4 aromatic rings. The number of fused-ring (bicyclic) bond motifs is 1. The quantitative estimate of drug-likeness (QED) is 0.177. The molecule has 2 N–H and O–H groups in total. The Hall–Kier alpha value is -5.48. The molecule has 1 saturated heterocycles. The maximum Gasteiger partial charge on any atom is 0.260 e. The number of nitrogens with one attached hydrogen (secondary N) is 2. The molecule has 10 heteroatoms. The van der Waals surface area contributed by atoms with Crippen LogP contribution in [0.2, 0.25) is 0 Å². The van der Waals surface area contributed by atoms with Gasteiger partial charge in [-0.05, 0) is 55.1 Å². The number of hydrogen-bond acceptors (Lipinski definition) is 8. The first-order valence-corrected chi connectivity index (χ1v) is 14.6. The lowest BCUT2D eigenvalue weighted by molar-refractivity contribution is -0.111. The predicted molar refractivity (Wildman–Crippen MR) is 182 cm³/mol. The van der Waals surface area contributed by atoms with E-state index in [2.05, 4.69) is 58.3 Å². The molecule has 5 rings (SSSR count). The van der Waals surface area contributed by atoms with E-state index in [0.717, 1.165) is 37.4 Å². The van der Waals surface area contributed by atoms with Gasteiger partial charge >= 0.3 is 0 Å². The van der Waals surface area contributed by atoms with Crippen LogP contribution in [0.4, 0.5) is 23.0 Å². The normalized spacial score (nSPS) is 13.7. The van der Waals surface area contributed by atoms with Crippen molar-refractivity contribution in [3.63, 3.8) is 0 Å². The van der Waals surface area contributed by atoms with Crippen molar-refractivity contribution in [3.05, 3.63) is 120 Å². The van der Waals surface area contributed by atoms with Crippen molar-refractivity contribution < 1.29 is 9.53 Å². The summed E-state index contributed by atoms with van der Waals surface area (Å²) in [6.07, 6.45) is 8.40. The molecule has 0 atom stereocenters. The molecule has 0 unspecified atom stereocenters. The molecule has 0 aliphatic carbocycles. The monoisotopic (exact) mass is 603 g/mol. The second kappa shape index (κ2) is 13.9. The Kier molecular flexibility index (Phi) is 9.54. The number of allylic oxidation sites excluding steroid dienone is 4. The highest BCUT2D eigenvalue weighted by Crippen LogP contribution is 2.32. The van der Waals surface area contributed by atoms with Crippen LogP contribution in [0.25, 0.3) is 16.7 Å². The third-order valence-electron chi connectivity index (χ3n) is 7.66. The molecule has 10 nitrogen and oxygen atoms in total. The summed E-state index contributed by atoms with van der Waals surface area (Å²) in [5, 5.41) is 6.70. The molecule has 0 radical (unpaired) electrons. The fourth-order valence-electron chi connectivity index (χ4n) is 5.23. The second-order valence-electron chi connectivity index (χ2n) is 10.7. The molecule has 1 aliphatic rings. The van der Waals surface area contributed by atoms with E-state index in [1.807, 2.05) is 18.2 Å². The lowest BCUT2D eigenvalue weighted by atomic mass is 10.0. The summed E-state index contributed by atoms with van der Waals surface area (Å²) in [5.41, 5.74) is 4.32. The van der Waals surface area contributed by atoms with Gasteiger partial charge in [-0.2, -0.15) is 4.98 Å². The van der Waals surface area contributed by atoms with E-state index in [-0.39, 0.29) is 11.5 Å². The number of hydrogen-bond donors (Lipinski definition) is 2. The van der Waals surface area contributed by atoms with Gasteiger partial charge in [0.1, 0.15) is 5.75 Å². The molecule has 1 aliphatic heterocycles. The minimum atomic E-state index is -0.357. The van der Waals surface area contributed by atoms with Crippen LogP contribution >= 0.6 is 0 Å². The van der Waals surface area contributed by atoms with Gasteiger partial charge in [-0.3, -0.25) is 14.2 Å². The highest BCUT2D eigenvalue weighted by atomic mass is 16.5. The number of likely N-dealkylation sites (N-methyl/N-ethyl adjacent to an activating group) is 1. The molecule has 45 heavy (non-hydrogen) atoms. The van der Waals surface area contributed by atoms with Gasteiger partial charge < -0.3 is 25.2 Å². The maximum absolute atomic E-state index is 14.1. The van der Waals surface area contributed by atoms with Crippen LogP contribution in [0.1, 0.15) is 5.56 Å². The molecule has 2 aromatic heterocycles. The number of anilines is 4. The van der Waals surface area contributed by atoms with Crippen molar-refractivity contribution in [2.24, 2.45) is 0 Å². The standard InChI is InChI=1S/C35H37N7O3/c1-6-10-24(7-2)19-25-20-26-23-36-35(38-30-14-13-28(22-31(30)45-5)41-17-15-40(4)16-18-41)39-33(26)42(34(25)44)29-12-9-11-27(21-29)37-32(43)8-3/h6-14,20-23H,1-3,15-19H2,4-5H3,(H,37,43)(H,36,38,39)/b24-10+. The summed E-state index contributed by atoms with van der Waals surface area (Å²) in [6, 6.07) is 14.8. The Morgan fingerprint density at radius 2 is 1.82 bits per heavy atom. The van der Waals surface area contributed by atoms with Gasteiger partial charge in [-0.1, -0.05) is 44.0 Å². The first-order valence-electron chi connectivity index (χ1n) is 14.6. The number of nitrogens with zero attached hydrogens (tertiary/aromatic N) is 5. The van der Waals surface area contributed by atoms with Crippen LogP contribution in [0.3, 0.4) is 0 Å². The lowest BCUT2D eigenvalue weighted by Gasteiger charge is -2.34. The molecule has 0 bridgehead atoms. The van der Waals surface area contributed by atoms with E-state index in [0.29, 0.717) is 51.8 Å². The van der Waals surface area contributed by atoms with Crippen molar-refractivity contribution >= 4 is 40.0 Å². The summed E-state index contributed by atoms with van der Waals surface area (Å²) >= 11 is 0. The highest BCUT2D eigenvalue weighted by Gasteiger charge is 2.18. The van der Waals surface area contributed by atoms with Crippen LogP contribution < -0.4 is 25.8 Å². The van der Waals surface area contributed by atoms with Crippen molar-refractivity contribution in [1.29, 1.82) is 0 Å². The number of carbonyl (C=O) groups excluding carboxylic acids is 1. The minimum Gasteiger partial charge on any atom is -0.494 e. The number of ether oxygens (including phenoxy) is 1.